The average molecular weight is 249 g/mol. The van der Waals surface area contributed by atoms with E-state index in [1.165, 1.54) is 5.56 Å². The van der Waals surface area contributed by atoms with Gasteiger partial charge in [0.05, 0.1) is 11.4 Å². The lowest BCUT2D eigenvalue weighted by Gasteiger charge is -2.05. The van der Waals surface area contributed by atoms with Crippen LogP contribution in [0.4, 0.5) is 0 Å². The van der Waals surface area contributed by atoms with Crippen LogP contribution in [0.2, 0.25) is 0 Å². The summed E-state index contributed by atoms with van der Waals surface area (Å²) in [6.07, 6.45) is 3.63. The zero-order valence-electron chi connectivity index (χ0n) is 11.0. The van der Waals surface area contributed by atoms with Gasteiger partial charge in [0, 0.05) is 23.7 Å². The maximum absolute atomic E-state index is 4.65. The summed E-state index contributed by atoms with van der Waals surface area (Å²) in [5, 5.41) is 4.65. The molecule has 3 nitrogen and oxygen atoms in total. The highest BCUT2D eigenvalue weighted by Gasteiger charge is 2.13. The van der Waals surface area contributed by atoms with Gasteiger partial charge in [0.1, 0.15) is 0 Å². The molecular weight excluding hydrogens is 234 g/mol. The van der Waals surface area contributed by atoms with Crippen molar-refractivity contribution in [3.8, 4) is 16.8 Å². The Kier molecular flexibility index (Phi) is 2.88. The van der Waals surface area contributed by atoms with Crippen molar-refractivity contribution in [2.24, 2.45) is 0 Å². The fourth-order valence-corrected chi connectivity index (χ4v) is 2.40. The van der Waals surface area contributed by atoms with Crippen LogP contribution in [0.1, 0.15) is 11.4 Å². The van der Waals surface area contributed by atoms with Crippen LogP contribution < -0.4 is 0 Å². The van der Waals surface area contributed by atoms with Crippen LogP contribution >= 0.6 is 0 Å². The van der Waals surface area contributed by atoms with E-state index in [4.69, 9.17) is 0 Å². The van der Waals surface area contributed by atoms with Gasteiger partial charge in [-0.2, -0.15) is 5.10 Å². The molecule has 0 amide bonds. The number of benzene rings is 1. The Balaban J connectivity index is 2.17. The van der Waals surface area contributed by atoms with Gasteiger partial charge < -0.3 is 0 Å². The maximum Gasteiger partial charge on any atom is 0.0679 e. The summed E-state index contributed by atoms with van der Waals surface area (Å²) in [5.74, 6) is 0. The second-order valence-corrected chi connectivity index (χ2v) is 4.53. The topological polar surface area (TPSA) is 30.7 Å². The Morgan fingerprint density at radius 1 is 0.895 bits per heavy atom. The van der Waals surface area contributed by atoms with Crippen molar-refractivity contribution in [3.05, 3.63) is 66.2 Å². The second kappa shape index (κ2) is 4.69. The molecule has 0 fully saturated rings. The van der Waals surface area contributed by atoms with Crippen LogP contribution in [0.25, 0.3) is 16.8 Å². The second-order valence-electron chi connectivity index (χ2n) is 4.53. The number of pyridine rings is 1. The molecule has 0 saturated carbocycles. The van der Waals surface area contributed by atoms with Crippen molar-refractivity contribution < 1.29 is 0 Å². The van der Waals surface area contributed by atoms with E-state index in [0.717, 1.165) is 22.6 Å². The Morgan fingerprint density at radius 3 is 2.26 bits per heavy atom. The van der Waals surface area contributed by atoms with E-state index in [1.54, 1.807) is 0 Å². The van der Waals surface area contributed by atoms with Gasteiger partial charge in [-0.3, -0.25) is 4.98 Å². The molecule has 0 N–H and O–H groups in total. The van der Waals surface area contributed by atoms with Gasteiger partial charge in [0.25, 0.3) is 0 Å². The van der Waals surface area contributed by atoms with E-state index in [1.807, 2.05) is 54.3 Å². The third-order valence-electron chi connectivity index (χ3n) is 3.26. The van der Waals surface area contributed by atoms with Crippen molar-refractivity contribution >= 4 is 0 Å². The number of aryl methyl sites for hydroxylation is 1. The Morgan fingerprint density at radius 2 is 1.58 bits per heavy atom. The molecule has 1 aromatic carbocycles. The smallest absolute Gasteiger partial charge is 0.0679 e. The van der Waals surface area contributed by atoms with E-state index in [2.05, 4.69) is 29.1 Å². The van der Waals surface area contributed by atoms with Crippen molar-refractivity contribution in [1.82, 2.24) is 14.8 Å². The van der Waals surface area contributed by atoms with Crippen LogP contribution in [0.3, 0.4) is 0 Å². The first-order chi connectivity index (χ1) is 9.27. The number of nitrogens with zero attached hydrogens (tertiary/aromatic N) is 3. The van der Waals surface area contributed by atoms with Crippen LogP contribution in [0.5, 0.6) is 0 Å². The molecule has 0 spiro atoms. The molecule has 0 radical (unpaired) electrons. The molecule has 0 unspecified atom stereocenters. The van der Waals surface area contributed by atoms with Crippen molar-refractivity contribution in [1.29, 1.82) is 0 Å². The van der Waals surface area contributed by atoms with Crippen molar-refractivity contribution in [3.63, 3.8) is 0 Å². The summed E-state index contributed by atoms with van der Waals surface area (Å²) < 4.78 is 1.99. The lowest BCUT2D eigenvalue weighted by atomic mass is 10.1. The summed E-state index contributed by atoms with van der Waals surface area (Å²) in [7, 11) is 0. The SMILES string of the molecule is Cc1nn(-c2ccccc2)c(C)c1-c1ccncc1. The molecule has 19 heavy (non-hydrogen) atoms. The largest absolute Gasteiger partial charge is 0.265 e. The number of hydrogen-bond donors (Lipinski definition) is 0. The lowest BCUT2D eigenvalue weighted by molar-refractivity contribution is 0.834. The first kappa shape index (κ1) is 11.7. The van der Waals surface area contributed by atoms with E-state index in [0.29, 0.717) is 0 Å². The number of para-hydroxylation sites is 1. The highest BCUT2D eigenvalue weighted by Crippen LogP contribution is 2.27. The minimum Gasteiger partial charge on any atom is -0.265 e. The predicted molar refractivity (Wildman–Crippen MR) is 76.3 cm³/mol. The zero-order valence-corrected chi connectivity index (χ0v) is 11.0. The normalized spacial score (nSPS) is 10.6. The fraction of sp³-hybridized carbons (Fsp3) is 0.125. The van der Waals surface area contributed by atoms with Gasteiger partial charge >= 0.3 is 0 Å². The van der Waals surface area contributed by atoms with Crippen LogP contribution in [-0.2, 0) is 0 Å². The molecule has 3 rings (SSSR count). The minimum atomic E-state index is 1.03. The fourth-order valence-electron chi connectivity index (χ4n) is 2.40. The monoisotopic (exact) mass is 249 g/mol. The molecule has 0 saturated heterocycles. The molecule has 0 atom stereocenters. The predicted octanol–water partition coefficient (Wildman–Crippen LogP) is 3.55. The quantitative estimate of drug-likeness (QED) is 0.695. The first-order valence-corrected chi connectivity index (χ1v) is 6.29. The lowest BCUT2D eigenvalue weighted by Crippen LogP contribution is -1.98. The van der Waals surface area contributed by atoms with Gasteiger partial charge in [0.15, 0.2) is 0 Å². The molecular formula is C16H15N3. The van der Waals surface area contributed by atoms with Gasteiger partial charge in [0.2, 0.25) is 0 Å². The average Bonchev–Trinajstić information content (AvgIpc) is 2.76. The van der Waals surface area contributed by atoms with Gasteiger partial charge in [-0.1, -0.05) is 18.2 Å². The van der Waals surface area contributed by atoms with Crippen LogP contribution in [-0.4, -0.2) is 14.8 Å². The minimum absolute atomic E-state index is 1.03. The van der Waals surface area contributed by atoms with Gasteiger partial charge in [-0.25, -0.2) is 4.68 Å². The van der Waals surface area contributed by atoms with Gasteiger partial charge in [-0.05, 0) is 43.7 Å². The standard InChI is InChI=1S/C16H15N3/c1-12-16(14-8-10-17-11-9-14)13(2)19(18-12)15-6-4-3-5-7-15/h3-11H,1-2H3. The Labute approximate surface area is 112 Å². The maximum atomic E-state index is 4.65. The van der Waals surface area contributed by atoms with Gasteiger partial charge in [-0.15, -0.1) is 0 Å². The molecule has 0 aliphatic carbocycles. The highest BCUT2D eigenvalue weighted by molar-refractivity contribution is 5.68. The molecule has 3 heteroatoms. The molecule has 0 bridgehead atoms. The summed E-state index contributed by atoms with van der Waals surface area (Å²) in [4.78, 5) is 4.07. The number of aromatic nitrogens is 3. The summed E-state index contributed by atoms with van der Waals surface area (Å²) >= 11 is 0. The van der Waals surface area contributed by atoms with Crippen molar-refractivity contribution in [2.45, 2.75) is 13.8 Å². The number of rotatable bonds is 2. The Bertz CT molecular complexity index is 685. The van der Waals surface area contributed by atoms with E-state index >= 15 is 0 Å². The third kappa shape index (κ3) is 2.03. The summed E-state index contributed by atoms with van der Waals surface area (Å²) in [6.45, 7) is 4.14. The third-order valence-corrected chi connectivity index (χ3v) is 3.26. The molecule has 2 heterocycles. The summed E-state index contributed by atoms with van der Waals surface area (Å²) in [6, 6.07) is 14.2. The Hall–Kier alpha value is -2.42. The zero-order chi connectivity index (χ0) is 13.2. The van der Waals surface area contributed by atoms with Crippen LogP contribution in [0, 0.1) is 13.8 Å². The molecule has 0 aliphatic rings. The van der Waals surface area contributed by atoms with E-state index < -0.39 is 0 Å². The highest BCUT2D eigenvalue weighted by atomic mass is 15.3. The summed E-state index contributed by atoms with van der Waals surface area (Å²) in [5.41, 5.74) is 5.62. The molecule has 2 aromatic heterocycles. The molecule has 94 valence electrons. The van der Waals surface area contributed by atoms with E-state index in [9.17, 15) is 0 Å². The first-order valence-electron chi connectivity index (χ1n) is 6.29. The van der Waals surface area contributed by atoms with Crippen molar-refractivity contribution in [2.75, 3.05) is 0 Å². The molecule has 0 aliphatic heterocycles. The van der Waals surface area contributed by atoms with E-state index in [-0.39, 0.29) is 0 Å². The molecule has 3 aromatic rings. The number of hydrogen-bond acceptors (Lipinski definition) is 2. The van der Waals surface area contributed by atoms with Crippen LogP contribution in [0.15, 0.2) is 54.9 Å².